The molecule has 6 heteroatoms. The molecule has 0 aromatic carbocycles. The maximum atomic E-state index is 12.7. The van der Waals surface area contributed by atoms with Crippen LogP contribution in [0.5, 0.6) is 0 Å². The van der Waals surface area contributed by atoms with E-state index in [1.54, 1.807) is 0 Å². The lowest BCUT2D eigenvalue weighted by molar-refractivity contribution is 0.0811. The van der Waals surface area contributed by atoms with Gasteiger partial charge in [-0.25, -0.2) is 9.78 Å². The Morgan fingerprint density at radius 3 is 2.45 bits per heavy atom. The normalized spacial score (nSPS) is 22.7. The zero-order valence-electron chi connectivity index (χ0n) is 18.0. The Bertz CT molecular complexity index is 670. The molecule has 0 radical (unpaired) electrons. The van der Waals surface area contributed by atoms with E-state index in [1.165, 1.54) is 44.9 Å². The minimum Gasteiger partial charge on any atom is -0.354 e. The van der Waals surface area contributed by atoms with Crippen molar-refractivity contribution in [2.24, 2.45) is 5.41 Å². The van der Waals surface area contributed by atoms with Gasteiger partial charge in [0.15, 0.2) is 0 Å². The van der Waals surface area contributed by atoms with E-state index in [0.717, 1.165) is 57.2 Å². The zero-order valence-corrected chi connectivity index (χ0v) is 18.0. The van der Waals surface area contributed by atoms with E-state index in [4.69, 9.17) is 0 Å². The van der Waals surface area contributed by atoms with Gasteiger partial charge in [0.1, 0.15) is 5.82 Å². The van der Waals surface area contributed by atoms with Crippen molar-refractivity contribution in [2.45, 2.75) is 58.4 Å². The Morgan fingerprint density at radius 1 is 1.03 bits per heavy atom. The average molecular weight is 400 g/mol. The largest absolute Gasteiger partial charge is 0.354 e. The van der Waals surface area contributed by atoms with E-state index in [-0.39, 0.29) is 6.03 Å². The molecule has 1 N–H and O–H groups in total. The molecule has 0 bridgehead atoms. The molecule has 3 fully saturated rings. The first-order valence-electron chi connectivity index (χ1n) is 11.6. The van der Waals surface area contributed by atoms with Crippen LogP contribution >= 0.6 is 0 Å². The fourth-order valence-electron chi connectivity index (χ4n) is 5.31. The summed E-state index contributed by atoms with van der Waals surface area (Å²) >= 11 is 0. The van der Waals surface area contributed by atoms with Crippen molar-refractivity contribution in [1.82, 2.24) is 20.1 Å². The molecule has 2 amide bonds. The minimum atomic E-state index is 0.0885. The molecular weight excluding hydrogens is 362 g/mol. The summed E-state index contributed by atoms with van der Waals surface area (Å²) in [5.41, 5.74) is 1.67. The Morgan fingerprint density at radius 2 is 1.76 bits per heavy atom. The molecule has 1 aromatic rings. The number of likely N-dealkylation sites (tertiary alicyclic amines) is 1. The number of hydrogen-bond acceptors (Lipinski definition) is 4. The fourth-order valence-corrected chi connectivity index (χ4v) is 5.31. The molecule has 1 aliphatic carbocycles. The SMILES string of the molecule is CCN1CCN(c2cc(CNC(=O)N3CCC4(CCCCC4)CC3)ccn2)CC1. The third-order valence-electron chi connectivity index (χ3n) is 7.42. The molecule has 6 nitrogen and oxygen atoms in total. The predicted molar refractivity (Wildman–Crippen MR) is 117 cm³/mol. The van der Waals surface area contributed by atoms with Crippen LogP contribution in [-0.2, 0) is 6.54 Å². The first-order chi connectivity index (χ1) is 14.2. The van der Waals surface area contributed by atoms with Gasteiger partial charge in [0.2, 0.25) is 0 Å². The van der Waals surface area contributed by atoms with Crippen LogP contribution in [-0.4, -0.2) is 66.6 Å². The van der Waals surface area contributed by atoms with E-state index in [9.17, 15) is 4.79 Å². The second kappa shape index (κ2) is 9.33. The van der Waals surface area contributed by atoms with Crippen molar-refractivity contribution in [2.75, 3.05) is 50.7 Å². The van der Waals surface area contributed by atoms with Gasteiger partial charge in [-0.1, -0.05) is 26.2 Å². The standard InChI is InChI=1S/C23H37N5O/c1-2-26-14-16-27(17-15-26)21-18-20(6-11-24-21)19-25-22(29)28-12-9-23(10-13-28)7-4-3-5-8-23/h6,11,18H,2-5,7-10,12-17,19H2,1H3,(H,25,29). The summed E-state index contributed by atoms with van der Waals surface area (Å²) in [6.07, 6.45) is 11.1. The van der Waals surface area contributed by atoms with E-state index < -0.39 is 0 Å². The quantitative estimate of drug-likeness (QED) is 0.842. The number of amides is 2. The number of pyridine rings is 1. The number of anilines is 1. The van der Waals surface area contributed by atoms with Crippen molar-refractivity contribution in [1.29, 1.82) is 0 Å². The van der Waals surface area contributed by atoms with Crippen LogP contribution in [0, 0.1) is 5.41 Å². The number of piperidine rings is 1. The predicted octanol–water partition coefficient (Wildman–Crippen LogP) is 3.48. The molecule has 160 valence electrons. The van der Waals surface area contributed by atoms with Gasteiger partial charge in [0.25, 0.3) is 0 Å². The molecule has 3 aliphatic rings. The van der Waals surface area contributed by atoms with Crippen LogP contribution < -0.4 is 10.2 Å². The summed E-state index contributed by atoms with van der Waals surface area (Å²) in [7, 11) is 0. The van der Waals surface area contributed by atoms with Gasteiger partial charge in [-0.3, -0.25) is 0 Å². The fraction of sp³-hybridized carbons (Fsp3) is 0.739. The first kappa shape index (κ1) is 20.5. The summed E-state index contributed by atoms with van der Waals surface area (Å²) in [4.78, 5) is 24.1. The van der Waals surface area contributed by atoms with Crippen molar-refractivity contribution in [3.05, 3.63) is 23.9 Å². The van der Waals surface area contributed by atoms with Crippen LogP contribution in [0.25, 0.3) is 0 Å². The highest BCUT2D eigenvalue weighted by molar-refractivity contribution is 5.74. The smallest absolute Gasteiger partial charge is 0.317 e. The molecule has 1 saturated carbocycles. The number of likely N-dealkylation sites (N-methyl/N-ethyl adjacent to an activating group) is 1. The molecule has 0 unspecified atom stereocenters. The molecule has 1 spiro atoms. The topological polar surface area (TPSA) is 51.7 Å². The lowest BCUT2D eigenvalue weighted by Gasteiger charge is -2.44. The first-order valence-corrected chi connectivity index (χ1v) is 11.6. The Balaban J connectivity index is 1.25. The number of carbonyl (C=O) groups excluding carboxylic acids is 1. The molecule has 29 heavy (non-hydrogen) atoms. The minimum absolute atomic E-state index is 0.0885. The van der Waals surface area contributed by atoms with E-state index in [1.807, 2.05) is 17.2 Å². The van der Waals surface area contributed by atoms with Gasteiger partial charge in [-0.2, -0.15) is 0 Å². The van der Waals surface area contributed by atoms with Gasteiger partial charge in [0, 0.05) is 52.0 Å². The monoisotopic (exact) mass is 399 g/mol. The summed E-state index contributed by atoms with van der Waals surface area (Å²) in [6.45, 7) is 9.96. The average Bonchev–Trinajstić information content (AvgIpc) is 2.79. The maximum Gasteiger partial charge on any atom is 0.317 e. The van der Waals surface area contributed by atoms with Crippen molar-refractivity contribution < 1.29 is 4.79 Å². The summed E-state index contributed by atoms with van der Waals surface area (Å²) in [5, 5.41) is 3.14. The summed E-state index contributed by atoms with van der Waals surface area (Å²) in [6, 6.07) is 4.24. The zero-order chi connectivity index (χ0) is 20.1. The van der Waals surface area contributed by atoms with Crippen LogP contribution in [0.4, 0.5) is 10.6 Å². The highest BCUT2D eigenvalue weighted by atomic mass is 16.2. The Kier molecular flexibility index (Phi) is 6.58. The third-order valence-corrected chi connectivity index (χ3v) is 7.42. The summed E-state index contributed by atoms with van der Waals surface area (Å²) in [5.74, 6) is 1.03. The molecule has 4 rings (SSSR count). The molecule has 1 aromatic heterocycles. The van der Waals surface area contributed by atoms with Crippen LogP contribution in [0.15, 0.2) is 18.3 Å². The highest BCUT2D eigenvalue weighted by Gasteiger charge is 2.36. The lowest BCUT2D eigenvalue weighted by Crippen LogP contribution is -2.47. The number of rotatable bonds is 4. The number of nitrogens with one attached hydrogen (secondary N) is 1. The number of aromatic nitrogens is 1. The molecule has 2 saturated heterocycles. The maximum absolute atomic E-state index is 12.7. The van der Waals surface area contributed by atoms with E-state index in [0.29, 0.717) is 12.0 Å². The number of nitrogens with zero attached hydrogens (tertiary/aromatic N) is 4. The molecular formula is C23H37N5O. The highest BCUT2D eigenvalue weighted by Crippen LogP contribution is 2.44. The van der Waals surface area contributed by atoms with Crippen molar-refractivity contribution >= 4 is 11.8 Å². The number of piperazine rings is 1. The second-order valence-electron chi connectivity index (χ2n) is 9.15. The number of urea groups is 1. The number of hydrogen-bond donors (Lipinski definition) is 1. The van der Waals surface area contributed by atoms with E-state index in [2.05, 4.69) is 33.1 Å². The van der Waals surface area contributed by atoms with Crippen molar-refractivity contribution in [3.8, 4) is 0 Å². The molecule has 0 atom stereocenters. The van der Waals surface area contributed by atoms with Crippen molar-refractivity contribution in [3.63, 3.8) is 0 Å². The Labute approximate surface area is 175 Å². The lowest BCUT2D eigenvalue weighted by atomic mass is 9.68. The van der Waals surface area contributed by atoms with Gasteiger partial charge in [0.05, 0.1) is 0 Å². The third kappa shape index (κ3) is 5.03. The van der Waals surface area contributed by atoms with E-state index >= 15 is 0 Å². The molecule has 3 heterocycles. The molecule has 2 aliphatic heterocycles. The van der Waals surface area contributed by atoms with Crippen LogP contribution in [0.2, 0.25) is 0 Å². The van der Waals surface area contributed by atoms with Gasteiger partial charge >= 0.3 is 6.03 Å². The van der Waals surface area contributed by atoms with Gasteiger partial charge < -0.3 is 20.0 Å². The second-order valence-corrected chi connectivity index (χ2v) is 9.15. The van der Waals surface area contributed by atoms with Crippen LogP contribution in [0.1, 0.15) is 57.4 Å². The van der Waals surface area contributed by atoms with Crippen LogP contribution in [0.3, 0.4) is 0 Å². The van der Waals surface area contributed by atoms with Gasteiger partial charge in [-0.05, 0) is 55.3 Å². The summed E-state index contributed by atoms with van der Waals surface area (Å²) < 4.78 is 0. The van der Waals surface area contributed by atoms with Gasteiger partial charge in [-0.15, -0.1) is 0 Å². The Hall–Kier alpha value is -1.82. The number of carbonyl (C=O) groups is 1.